The molecule has 7 nitrogen and oxygen atoms in total. The van der Waals surface area contributed by atoms with E-state index in [-0.39, 0.29) is 17.8 Å². The lowest BCUT2D eigenvalue weighted by atomic mass is 10.1. The predicted molar refractivity (Wildman–Crippen MR) is 91.2 cm³/mol. The van der Waals surface area contributed by atoms with Crippen molar-refractivity contribution in [1.29, 1.82) is 0 Å². The highest BCUT2D eigenvalue weighted by atomic mass is 19.1. The summed E-state index contributed by atoms with van der Waals surface area (Å²) in [6.45, 7) is 3.67. The van der Waals surface area contributed by atoms with Gasteiger partial charge in [-0.2, -0.15) is 0 Å². The Balaban J connectivity index is 1.69. The maximum Gasteiger partial charge on any atom is 0.322 e. The summed E-state index contributed by atoms with van der Waals surface area (Å²) in [7, 11) is 0. The molecule has 0 spiro atoms. The maximum absolute atomic E-state index is 14.1. The Labute approximate surface area is 145 Å². The van der Waals surface area contributed by atoms with Crippen molar-refractivity contribution in [2.75, 3.05) is 25.0 Å². The van der Waals surface area contributed by atoms with Crippen molar-refractivity contribution in [2.24, 2.45) is 0 Å². The maximum atomic E-state index is 14.1. The second-order valence-electron chi connectivity index (χ2n) is 5.99. The summed E-state index contributed by atoms with van der Waals surface area (Å²) in [4.78, 5) is 14.2. The molecule has 8 heteroatoms. The van der Waals surface area contributed by atoms with Crippen LogP contribution in [0.5, 0.6) is 0 Å². The van der Waals surface area contributed by atoms with E-state index in [1.807, 2.05) is 6.92 Å². The number of halogens is 1. The molecule has 0 radical (unpaired) electrons. The van der Waals surface area contributed by atoms with Gasteiger partial charge in [-0.15, -0.1) is 10.2 Å². The second-order valence-corrected chi connectivity index (χ2v) is 5.99. The largest absolute Gasteiger partial charge is 0.376 e. The smallest absolute Gasteiger partial charge is 0.322 e. The number of carbonyl (C=O) groups excluding carboxylic acids is 1. The van der Waals surface area contributed by atoms with Gasteiger partial charge >= 0.3 is 6.03 Å². The summed E-state index contributed by atoms with van der Waals surface area (Å²) in [6.07, 6.45) is 6.19. The van der Waals surface area contributed by atoms with Crippen LogP contribution in [-0.4, -0.2) is 51.5 Å². The minimum Gasteiger partial charge on any atom is -0.376 e. The SMILES string of the molecule is CCN(C[C@H]1CCCCO1)C(=O)Nc1cc(-n2cnnc2)ccc1F. The quantitative estimate of drug-likeness (QED) is 0.903. The molecule has 0 bridgehead atoms. The van der Waals surface area contributed by atoms with Gasteiger partial charge in [-0.25, -0.2) is 9.18 Å². The van der Waals surface area contributed by atoms with Crippen molar-refractivity contribution in [2.45, 2.75) is 32.3 Å². The van der Waals surface area contributed by atoms with Gasteiger partial charge in [0.05, 0.1) is 17.5 Å². The number of hydrogen-bond donors (Lipinski definition) is 1. The number of likely N-dealkylation sites (N-methyl/N-ethyl adjacent to an activating group) is 1. The van der Waals surface area contributed by atoms with Crippen molar-refractivity contribution in [3.05, 3.63) is 36.7 Å². The van der Waals surface area contributed by atoms with Crippen LogP contribution in [-0.2, 0) is 4.74 Å². The molecule has 134 valence electrons. The Kier molecular flexibility index (Phi) is 5.60. The number of nitrogens with zero attached hydrogens (tertiary/aromatic N) is 4. The van der Waals surface area contributed by atoms with Gasteiger partial charge in [0.1, 0.15) is 18.5 Å². The molecule has 1 atom stereocenters. The third-order valence-corrected chi connectivity index (χ3v) is 4.28. The lowest BCUT2D eigenvalue weighted by Crippen LogP contribution is -2.42. The molecule has 3 rings (SSSR count). The average molecular weight is 347 g/mol. The number of aromatic nitrogens is 3. The van der Waals surface area contributed by atoms with Crippen molar-refractivity contribution in [3.8, 4) is 5.69 Å². The Morgan fingerprint density at radius 3 is 2.88 bits per heavy atom. The summed E-state index contributed by atoms with van der Waals surface area (Å²) in [5.41, 5.74) is 0.791. The normalized spacial score (nSPS) is 17.3. The number of ether oxygens (including phenoxy) is 1. The Morgan fingerprint density at radius 1 is 1.40 bits per heavy atom. The van der Waals surface area contributed by atoms with Gasteiger partial charge in [0.25, 0.3) is 0 Å². The Morgan fingerprint density at radius 2 is 2.20 bits per heavy atom. The van der Waals surface area contributed by atoms with E-state index in [0.717, 1.165) is 25.9 Å². The highest BCUT2D eigenvalue weighted by Gasteiger charge is 2.21. The van der Waals surface area contributed by atoms with Crippen LogP contribution in [0.25, 0.3) is 5.69 Å². The van der Waals surface area contributed by atoms with Crippen molar-refractivity contribution in [1.82, 2.24) is 19.7 Å². The van der Waals surface area contributed by atoms with Gasteiger partial charge in [0.15, 0.2) is 0 Å². The van der Waals surface area contributed by atoms with Crippen LogP contribution in [0.1, 0.15) is 26.2 Å². The number of hydrogen-bond acceptors (Lipinski definition) is 4. The summed E-state index contributed by atoms with van der Waals surface area (Å²) in [6, 6.07) is 4.13. The third kappa shape index (κ3) is 4.33. The van der Waals surface area contributed by atoms with E-state index in [0.29, 0.717) is 18.8 Å². The van der Waals surface area contributed by atoms with Crippen molar-refractivity contribution in [3.63, 3.8) is 0 Å². The van der Waals surface area contributed by atoms with Crippen molar-refractivity contribution >= 4 is 11.7 Å². The Bertz CT molecular complexity index is 701. The summed E-state index contributed by atoms with van der Waals surface area (Å²) in [5.74, 6) is -0.491. The fraction of sp³-hybridized carbons (Fsp3) is 0.471. The van der Waals surface area contributed by atoms with E-state index >= 15 is 0 Å². The predicted octanol–water partition coefficient (Wildman–Crippen LogP) is 2.83. The summed E-state index contributed by atoms with van der Waals surface area (Å²) >= 11 is 0. The molecule has 2 aromatic rings. The fourth-order valence-electron chi connectivity index (χ4n) is 2.85. The highest BCUT2D eigenvalue weighted by Crippen LogP contribution is 2.20. The van der Waals surface area contributed by atoms with Crippen LogP contribution in [0.2, 0.25) is 0 Å². The molecule has 0 saturated carbocycles. The molecule has 1 aromatic carbocycles. The number of urea groups is 1. The monoisotopic (exact) mass is 347 g/mol. The molecule has 2 amide bonds. The molecule has 0 aliphatic carbocycles. The average Bonchev–Trinajstić information content (AvgIpc) is 3.17. The van der Waals surface area contributed by atoms with E-state index in [4.69, 9.17) is 4.74 Å². The van der Waals surface area contributed by atoms with E-state index < -0.39 is 5.82 Å². The molecular weight excluding hydrogens is 325 g/mol. The number of anilines is 1. The van der Waals surface area contributed by atoms with E-state index in [2.05, 4.69) is 15.5 Å². The molecule has 1 aromatic heterocycles. The van der Waals surface area contributed by atoms with Crippen LogP contribution in [0.3, 0.4) is 0 Å². The molecular formula is C17H22FN5O2. The zero-order chi connectivity index (χ0) is 17.6. The van der Waals surface area contributed by atoms with Gasteiger partial charge in [-0.1, -0.05) is 0 Å². The van der Waals surface area contributed by atoms with E-state index in [9.17, 15) is 9.18 Å². The molecule has 1 fully saturated rings. The number of nitrogens with one attached hydrogen (secondary N) is 1. The molecule has 1 aliphatic rings. The molecule has 1 saturated heterocycles. The van der Waals surface area contributed by atoms with Crippen LogP contribution in [0.4, 0.5) is 14.9 Å². The standard InChI is InChI=1S/C17H22FN5O2/c1-2-22(10-14-5-3-4-8-25-14)17(24)21-16-9-13(6-7-15(16)18)23-11-19-20-12-23/h6-7,9,11-12,14H,2-5,8,10H2,1H3,(H,21,24)/t14-/m1/s1. The number of benzene rings is 1. The molecule has 0 unspecified atom stereocenters. The van der Waals surface area contributed by atoms with Gasteiger partial charge in [-0.05, 0) is 44.4 Å². The molecule has 25 heavy (non-hydrogen) atoms. The van der Waals surface area contributed by atoms with Crippen LogP contribution in [0, 0.1) is 5.82 Å². The second kappa shape index (κ2) is 8.06. The van der Waals surface area contributed by atoms with Gasteiger partial charge in [-0.3, -0.25) is 4.57 Å². The first-order valence-electron chi connectivity index (χ1n) is 8.49. The zero-order valence-corrected chi connectivity index (χ0v) is 14.2. The third-order valence-electron chi connectivity index (χ3n) is 4.28. The van der Waals surface area contributed by atoms with Gasteiger partial charge in [0.2, 0.25) is 0 Å². The minimum atomic E-state index is -0.491. The van der Waals surface area contributed by atoms with E-state index in [1.54, 1.807) is 21.6 Å². The summed E-state index contributed by atoms with van der Waals surface area (Å²) < 4.78 is 21.4. The lowest BCUT2D eigenvalue weighted by molar-refractivity contribution is 0.00221. The number of carbonyl (C=O) groups is 1. The topological polar surface area (TPSA) is 72.3 Å². The number of rotatable bonds is 5. The van der Waals surface area contributed by atoms with Crippen LogP contribution in [0.15, 0.2) is 30.9 Å². The van der Waals surface area contributed by atoms with Crippen molar-refractivity contribution < 1.29 is 13.9 Å². The first-order chi connectivity index (χ1) is 12.2. The molecule has 1 aliphatic heterocycles. The minimum absolute atomic E-state index is 0.0488. The molecule has 2 heterocycles. The first kappa shape index (κ1) is 17.3. The van der Waals surface area contributed by atoms with Gasteiger partial charge in [0, 0.05) is 19.7 Å². The van der Waals surface area contributed by atoms with Crippen LogP contribution >= 0.6 is 0 Å². The summed E-state index contributed by atoms with van der Waals surface area (Å²) in [5, 5.41) is 10.1. The van der Waals surface area contributed by atoms with Gasteiger partial charge < -0.3 is 15.0 Å². The Hall–Kier alpha value is -2.48. The number of amides is 2. The lowest BCUT2D eigenvalue weighted by Gasteiger charge is -2.29. The first-order valence-corrected chi connectivity index (χ1v) is 8.49. The zero-order valence-electron chi connectivity index (χ0n) is 14.2. The highest BCUT2D eigenvalue weighted by molar-refractivity contribution is 5.89. The van der Waals surface area contributed by atoms with E-state index in [1.165, 1.54) is 18.7 Å². The van der Waals surface area contributed by atoms with Crippen LogP contribution < -0.4 is 5.32 Å². The fourth-order valence-corrected chi connectivity index (χ4v) is 2.85. The molecule has 1 N–H and O–H groups in total.